The highest BCUT2D eigenvalue weighted by molar-refractivity contribution is 5.71. The van der Waals surface area contributed by atoms with E-state index >= 15 is 0 Å². The molecule has 0 spiro atoms. The molecule has 0 fully saturated rings. The van der Waals surface area contributed by atoms with Crippen molar-refractivity contribution in [3.63, 3.8) is 0 Å². The van der Waals surface area contributed by atoms with Gasteiger partial charge in [-0.2, -0.15) is 0 Å². The zero-order chi connectivity index (χ0) is 36.6. The number of hydrogen-bond donors (Lipinski definition) is 0. The van der Waals surface area contributed by atoms with Crippen molar-refractivity contribution in [2.24, 2.45) is 0 Å². The summed E-state index contributed by atoms with van der Waals surface area (Å²) < 4.78 is 16.6. The largest absolute Gasteiger partial charge is 0.462 e. The molecule has 6 heteroatoms. The fourth-order valence-electron chi connectivity index (χ4n) is 5.63. The molecule has 1 atom stereocenters. The van der Waals surface area contributed by atoms with Crippen molar-refractivity contribution in [2.75, 3.05) is 13.2 Å². The van der Waals surface area contributed by atoms with E-state index in [1.165, 1.54) is 77.0 Å². The average Bonchev–Trinajstić information content (AvgIpc) is 3.11. The predicted octanol–water partition coefficient (Wildman–Crippen LogP) is 13.0. The Morgan fingerprint density at radius 3 is 1.22 bits per heavy atom. The summed E-state index contributed by atoms with van der Waals surface area (Å²) in [4.78, 5) is 37.4. The standard InChI is InChI=1S/C44H78O6/c1-4-7-10-13-16-18-20-22-23-25-26-28-31-34-37-43(46)49-40-41(39-48-42(45)36-33-30-15-12-9-6-3)50-44(47)38-35-32-29-27-24-21-19-17-14-11-8-5-2/h13,16-17,19-20,22,41H,4-12,14-15,18,21,23-40H2,1-3H3/b16-13-,19-17-,22-20-. The van der Waals surface area contributed by atoms with Crippen LogP contribution in [0.2, 0.25) is 0 Å². The van der Waals surface area contributed by atoms with Gasteiger partial charge in [0, 0.05) is 19.3 Å². The highest BCUT2D eigenvalue weighted by Gasteiger charge is 2.19. The molecular formula is C44H78O6. The highest BCUT2D eigenvalue weighted by atomic mass is 16.6. The molecule has 0 aliphatic rings. The van der Waals surface area contributed by atoms with Gasteiger partial charge in [-0.3, -0.25) is 14.4 Å². The first-order chi connectivity index (χ1) is 24.5. The van der Waals surface area contributed by atoms with Crippen molar-refractivity contribution in [1.82, 2.24) is 0 Å². The van der Waals surface area contributed by atoms with Crippen molar-refractivity contribution in [1.29, 1.82) is 0 Å². The Bertz CT molecular complexity index is 861. The minimum atomic E-state index is -0.774. The molecule has 50 heavy (non-hydrogen) atoms. The summed E-state index contributed by atoms with van der Waals surface area (Å²) in [5.41, 5.74) is 0. The summed E-state index contributed by atoms with van der Waals surface area (Å²) in [6.07, 6.45) is 42.8. The second-order valence-electron chi connectivity index (χ2n) is 13.9. The molecule has 0 N–H and O–H groups in total. The van der Waals surface area contributed by atoms with Crippen LogP contribution in [0.25, 0.3) is 0 Å². The van der Waals surface area contributed by atoms with Crippen LogP contribution >= 0.6 is 0 Å². The van der Waals surface area contributed by atoms with Crippen LogP contribution in [0.1, 0.15) is 207 Å². The van der Waals surface area contributed by atoms with Crippen LogP contribution in [-0.2, 0) is 28.6 Å². The van der Waals surface area contributed by atoms with E-state index in [1.807, 2.05) is 0 Å². The zero-order valence-electron chi connectivity index (χ0n) is 32.9. The van der Waals surface area contributed by atoms with Gasteiger partial charge in [-0.25, -0.2) is 0 Å². The van der Waals surface area contributed by atoms with Gasteiger partial charge in [-0.05, 0) is 70.6 Å². The molecule has 0 amide bonds. The molecule has 0 saturated carbocycles. The smallest absolute Gasteiger partial charge is 0.306 e. The Kier molecular flexibility index (Phi) is 37.5. The number of hydrogen-bond acceptors (Lipinski definition) is 6. The molecule has 0 aromatic heterocycles. The monoisotopic (exact) mass is 703 g/mol. The number of allylic oxidation sites excluding steroid dienone is 6. The first kappa shape index (κ1) is 47.6. The average molecular weight is 703 g/mol. The van der Waals surface area contributed by atoms with Crippen molar-refractivity contribution in [3.8, 4) is 0 Å². The van der Waals surface area contributed by atoms with Crippen LogP contribution in [0.3, 0.4) is 0 Å². The van der Waals surface area contributed by atoms with Gasteiger partial charge < -0.3 is 14.2 Å². The van der Waals surface area contributed by atoms with E-state index in [2.05, 4.69) is 57.2 Å². The second-order valence-corrected chi connectivity index (χ2v) is 13.9. The van der Waals surface area contributed by atoms with E-state index in [4.69, 9.17) is 14.2 Å². The fraction of sp³-hybridized carbons (Fsp3) is 0.795. The van der Waals surface area contributed by atoms with Gasteiger partial charge >= 0.3 is 17.9 Å². The highest BCUT2D eigenvalue weighted by Crippen LogP contribution is 2.13. The van der Waals surface area contributed by atoms with Gasteiger partial charge in [-0.15, -0.1) is 0 Å². The summed E-state index contributed by atoms with van der Waals surface area (Å²) in [6.45, 7) is 6.47. The lowest BCUT2D eigenvalue weighted by molar-refractivity contribution is -0.167. The number of esters is 3. The minimum absolute atomic E-state index is 0.0801. The number of ether oxygens (including phenoxy) is 3. The normalized spacial score (nSPS) is 12.3. The van der Waals surface area contributed by atoms with Crippen molar-refractivity contribution < 1.29 is 28.6 Å². The summed E-state index contributed by atoms with van der Waals surface area (Å²) in [5.74, 6) is -0.917. The zero-order valence-corrected chi connectivity index (χ0v) is 32.9. The van der Waals surface area contributed by atoms with E-state index in [0.29, 0.717) is 19.3 Å². The Hall–Kier alpha value is -2.37. The lowest BCUT2D eigenvalue weighted by Gasteiger charge is -2.18. The summed E-state index contributed by atoms with van der Waals surface area (Å²) in [5, 5.41) is 0. The van der Waals surface area contributed by atoms with Crippen LogP contribution in [0, 0.1) is 0 Å². The lowest BCUT2D eigenvalue weighted by atomic mass is 10.1. The predicted molar refractivity (Wildman–Crippen MR) is 210 cm³/mol. The SMILES string of the molecule is CCCC/C=C\C/C=C\CCCCCCCC(=O)OCC(COC(=O)CCCCCCCC)OC(=O)CCCCCCC/C=C\CCCCC. The molecule has 290 valence electrons. The Morgan fingerprint density at radius 1 is 0.400 bits per heavy atom. The van der Waals surface area contributed by atoms with Gasteiger partial charge in [-0.1, -0.05) is 154 Å². The summed E-state index contributed by atoms with van der Waals surface area (Å²) in [6, 6.07) is 0. The third-order valence-electron chi connectivity index (χ3n) is 8.87. The third-order valence-corrected chi connectivity index (χ3v) is 8.87. The molecule has 0 bridgehead atoms. The van der Waals surface area contributed by atoms with E-state index < -0.39 is 6.10 Å². The van der Waals surface area contributed by atoms with Gasteiger partial charge in [0.05, 0.1) is 0 Å². The molecular weight excluding hydrogens is 624 g/mol. The molecule has 0 saturated heterocycles. The number of rotatable bonds is 37. The summed E-state index contributed by atoms with van der Waals surface area (Å²) in [7, 11) is 0. The van der Waals surface area contributed by atoms with Crippen molar-refractivity contribution >= 4 is 17.9 Å². The maximum atomic E-state index is 12.6. The van der Waals surface area contributed by atoms with Gasteiger partial charge in [0.25, 0.3) is 0 Å². The quantitative estimate of drug-likeness (QED) is 0.0277. The first-order valence-electron chi connectivity index (χ1n) is 21.0. The van der Waals surface area contributed by atoms with Crippen LogP contribution in [0.4, 0.5) is 0 Å². The molecule has 0 rings (SSSR count). The fourth-order valence-corrected chi connectivity index (χ4v) is 5.63. The summed E-state index contributed by atoms with van der Waals surface area (Å²) >= 11 is 0. The van der Waals surface area contributed by atoms with E-state index in [-0.39, 0.29) is 31.1 Å². The number of carbonyl (C=O) groups is 3. The lowest BCUT2D eigenvalue weighted by Crippen LogP contribution is -2.30. The minimum Gasteiger partial charge on any atom is -0.462 e. The second kappa shape index (κ2) is 39.4. The van der Waals surface area contributed by atoms with Gasteiger partial charge in [0.15, 0.2) is 6.10 Å². The topological polar surface area (TPSA) is 78.9 Å². The molecule has 0 aromatic carbocycles. The first-order valence-corrected chi connectivity index (χ1v) is 21.0. The van der Waals surface area contributed by atoms with E-state index in [0.717, 1.165) is 89.9 Å². The van der Waals surface area contributed by atoms with E-state index in [1.54, 1.807) is 0 Å². The van der Waals surface area contributed by atoms with Crippen LogP contribution < -0.4 is 0 Å². The van der Waals surface area contributed by atoms with Crippen LogP contribution in [0.15, 0.2) is 36.5 Å². The van der Waals surface area contributed by atoms with E-state index in [9.17, 15) is 14.4 Å². The van der Waals surface area contributed by atoms with Crippen LogP contribution in [-0.4, -0.2) is 37.2 Å². The van der Waals surface area contributed by atoms with Crippen LogP contribution in [0.5, 0.6) is 0 Å². The maximum Gasteiger partial charge on any atom is 0.306 e. The molecule has 6 nitrogen and oxygen atoms in total. The Labute approximate surface area is 308 Å². The molecule has 0 aromatic rings. The van der Waals surface area contributed by atoms with Gasteiger partial charge in [0.2, 0.25) is 0 Å². The molecule has 0 aliphatic carbocycles. The molecule has 0 radical (unpaired) electrons. The third kappa shape index (κ3) is 36.9. The van der Waals surface area contributed by atoms with Crippen molar-refractivity contribution in [3.05, 3.63) is 36.5 Å². The molecule has 1 unspecified atom stereocenters. The number of carbonyl (C=O) groups excluding carboxylic acids is 3. The Morgan fingerprint density at radius 2 is 0.740 bits per heavy atom. The molecule has 0 aliphatic heterocycles. The molecule has 0 heterocycles. The maximum absolute atomic E-state index is 12.6. The number of unbranched alkanes of at least 4 members (excludes halogenated alkanes) is 20. The van der Waals surface area contributed by atoms with Gasteiger partial charge in [0.1, 0.15) is 13.2 Å². The Balaban J connectivity index is 4.33. The van der Waals surface area contributed by atoms with Crippen molar-refractivity contribution in [2.45, 2.75) is 213 Å².